The number of nitrogens with zero attached hydrogens (tertiary/aromatic N) is 3. The molecule has 0 aliphatic carbocycles. The lowest BCUT2D eigenvalue weighted by Gasteiger charge is -2.20. The minimum atomic E-state index is -3.39. The van der Waals surface area contributed by atoms with Crippen molar-refractivity contribution in [3.8, 4) is 0 Å². The standard InChI is InChI=1S/C21H31N5O2S2/c1-5-22-21(23-14-19-10-11-20(29-19)30(27,28)25(3)4)24-17-12-13-26(15-17)18-8-6-16(2)7-9-18/h6-11,17H,5,12-15H2,1-4H3,(H2,22,23,24). The lowest BCUT2D eigenvalue weighted by atomic mass is 10.2. The van der Waals surface area contributed by atoms with Crippen LogP contribution in [0.25, 0.3) is 0 Å². The van der Waals surface area contributed by atoms with Gasteiger partial charge in [-0.1, -0.05) is 17.7 Å². The van der Waals surface area contributed by atoms with Crippen LogP contribution in [0.4, 0.5) is 5.69 Å². The van der Waals surface area contributed by atoms with Crippen molar-refractivity contribution in [2.45, 2.75) is 37.1 Å². The van der Waals surface area contributed by atoms with Crippen LogP contribution in [-0.4, -0.2) is 58.5 Å². The van der Waals surface area contributed by atoms with Gasteiger partial charge in [0.1, 0.15) is 4.21 Å². The van der Waals surface area contributed by atoms with E-state index in [0.29, 0.717) is 16.8 Å². The summed E-state index contributed by atoms with van der Waals surface area (Å²) in [5.41, 5.74) is 2.52. The number of rotatable bonds is 7. The van der Waals surface area contributed by atoms with Crippen LogP contribution in [0.2, 0.25) is 0 Å². The Morgan fingerprint density at radius 1 is 1.23 bits per heavy atom. The Morgan fingerprint density at radius 2 is 1.97 bits per heavy atom. The second kappa shape index (κ2) is 9.80. The molecule has 0 saturated carbocycles. The first kappa shape index (κ1) is 22.6. The maximum Gasteiger partial charge on any atom is 0.252 e. The first-order valence-electron chi connectivity index (χ1n) is 10.2. The molecule has 30 heavy (non-hydrogen) atoms. The van der Waals surface area contributed by atoms with Gasteiger partial charge in [-0.2, -0.15) is 0 Å². The molecular formula is C21H31N5O2S2. The summed E-state index contributed by atoms with van der Waals surface area (Å²) in [5, 5.41) is 6.82. The fourth-order valence-electron chi connectivity index (χ4n) is 3.30. The molecule has 1 aromatic carbocycles. The number of thiophene rings is 1. The van der Waals surface area contributed by atoms with E-state index in [4.69, 9.17) is 0 Å². The SMILES string of the molecule is CCNC(=NCc1ccc(S(=O)(=O)N(C)C)s1)NC1CCN(c2ccc(C)cc2)C1. The zero-order valence-corrected chi connectivity index (χ0v) is 19.7. The molecule has 9 heteroatoms. The third-order valence-corrected chi connectivity index (χ3v) is 8.39. The number of hydrogen-bond donors (Lipinski definition) is 2. The van der Waals surface area contributed by atoms with Gasteiger partial charge in [0.05, 0.1) is 6.54 Å². The van der Waals surface area contributed by atoms with Gasteiger partial charge in [-0.25, -0.2) is 17.7 Å². The molecule has 1 unspecified atom stereocenters. The van der Waals surface area contributed by atoms with E-state index in [9.17, 15) is 8.42 Å². The third-order valence-electron chi connectivity index (χ3n) is 5.04. The van der Waals surface area contributed by atoms with Gasteiger partial charge in [0.15, 0.2) is 5.96 Å². The summed E-state index contributed by atoms with van der Waals surface area (Å²) in [4.78, 5) is 7.98. The molecule has 2 aromatic rings. The van der Waals surface area contributed by atoms with Crippen LogP contribution in [0, 0.1) is 6.92 Å². The summed E-state index contributed by atoms with van der Waals surface area (Å²) in [5.74, 6) is 0.763. The van der Waals surface area contributed by atoms with Crippen molar-refractivity contribution in [1.29, 1.82) is 0 Å². The van der Waals surface area contributed by atoms with E-state index in [-0.39, 0.29) is 0 Å². The summed E-state index contributed by atoms with van der Waals surface area (Å²) in [6, 6.07) is 12.4. The lowest BCUT2D eigenvalue weighted by molar-refractivity contribution is 0.523. The highest BCUT2D eigenvalue weighted by Crippen LogP contribution is 2.24. The number of hydrogen-bond acceptors (Lipinski definition) is 5. The maximum absolute atomic E-state index is 12.3. The number of aliphatic imine (C=N–C) groups is 1. The van der Waals surface area contributed by atoms with Gasteiger partial charge in [0, 0.05) is 50.3 Å². The topological polar surface area (TPSA) is 77.0 Å². The molecule has 7 nitrogen and oxygen atoms in total. The molecule has 0 amide bonds. The molecule has 2 N–H and O–H groups in total. The molecule has 1 fully saturated rings. The zero-order valence-electron chi connectivity index (χ0n) is 18.1. The molecule has 0 bridgehead atoms. The molecule has 2 heterocycles. The monoisotopic (exact) mass is 449 g/mol. The van der Waals surface area contributed by atoms with Crippen molar-refractivity contribution in [3.63, 3.8) is 0 Å². The van der Waals surface area contributed by atoms with Gasteiger partial charge in [-0.05, 0) is 44.5 Å². The van der Waals surface area contributed by atoms with Crippen LogP contribution in [0.15, 0.2) is 45.6 Å². The summed E-state index contributed by atoms with van der Waals surface area (Å²) >= 11 is 1.27. The minimum absolute atomic E-state index is 0.317. The average Bonchev–Trinajstić information content (AvgIpc) is 3.37. The second-order valence-corrected chi connectivity index (χ2v) is 11.2. The molecule has 1 atom stereocenters. The van der Waals surface area contributed by atoms with Crippen LogP contribution in [0.1, 0.15) is 23.8 Å². The summed E-state index contributed by atoms with van der Waals surface area (Å²) < 4.78 is 26.1. The molecule has 164 valence electrons. The van der Waals surface area contributed by atoms with Crippen LogP contribution in [-0.2, 0) is 16.6 Å². The van der Waals surface area contributed by atoms with E-state index in [0.717, 1.165) is 36.9 Å². The van der Waals surface area contributed by atoms with Gasteiger partial charge in [0.2, 0.25) is 0 Å². The van der Waals surface area contributed by atoms with Crippen molar-refractivity contribution in [2.75, 3.05) is 38.6 Å². The van der Waals surface area contributed by atoms with Crippen LogP contribution in [0.5, 0.6) is 0 Å². The highest BCUT2D eigenvalue weighted by molar-refractivity contribution is 7.91. The van der Waals surface area contributed by atoms with Gasteiger partial charge < -0.3 is 15.5 Å². The first-order valence-corrected chi connectivity index (χ1v) is 12.4. The molecule has 3 rings (SSSR count). The van der Waals surface area contributed by atoms with E-state index in [1.807, 2.05) is 13.0 Å². The average molecular weight is 450 g/mol. The predicted molar refractivity (Wildman–Crippen MR) is 125 cm³/mol. The fourth-order valence-corrected chi connectivity index (χ4v) is 5.75. The number of anilines is 1. The van der Waals surface area contributed by atoms with Crippen molar-refractivity contribution in [2.24, 2.45) is 4.99 Å². The highest BCUT2D eigenvalue weighted by Gasteiger charge is 2.23. The van der Waals surface area contributed by atoms with E-state index < -0.39 is 10.0 Å². The fraction of sp³-hybridized carbons (Fsp3) is 0.476. The molecule has 0 spiro atoms. The second-order valence-electron chi connectivity index (χ2n) is 7.61. The van der Waals surface area contributed by atoms with Gasteiger partial charge in [-0.15, -0.1) is 11.3 Å². The molecule has 1 aliphatic heterocycles. The maximum atomic E-state index is 12.3. The summed E-state index contributed by atoms with van der Waals surface area (Å²) in [6.07, 6.45) is 1.04. The quantitative estimate of drug-likeness (QED) is 0.502. The van der Waals surface area contributed by atoms with E-state index >= 15 is 0 Å². The van der Waals surface area contributed by atoms with E-state index in [1.54, 1.807) is 20.2 Å². The van der Waals surface area contributed by atoms with Gasteiger partial charge >= 0.3 is 0 Å². The zero-order chi connectivity index (χ0) is 21.7. The normalized spacial score (nSPS) is 17.6. The van der Waals surface area contributed by atoms with Crippen LogP contribution in [0.3, 0.4) is 0 Å². The van der Waals surface area contributed by atoms with Crippen molar-refractivity contribution < 1.29 is 8.42 Å². The Bertz CT molecular complexity index is 968. The molecule has 1 saturated heterocycles. The summed E-state index contributed by atoms with van der Waals surface area (Å²) in [6.45, 7) is 7.29. The molecule has 1 aliphatic rings. The summed E-state index contributed by atoms with van der Waals surface area (Å²) in [7, 11) is -0.306. The smallest absolute Gasteiger partial charge is 0.252 e. The number of benzene rings is 1. The van der Waals surface area contributed by atoms with E-state index in [2.05, 4.69) is 51.7 Å². The highest BCUT2D eigenvalue weighted by atomic mass is 32.2. The Balaban J connectivity index is 1.61. The number of aryl methyl sites for hydroxylation is 1. The van der Waals surface area contributed by atoms with Crippen molar-refractivity contribution in [3.05, 3.63) is 46.8 Å². The Kier molecular flexibility index (Phi) is 7.38. The van der Waals surface area contributed by atoms with Gasteiger partial charge in [-0.3, -0.25) is 0 Å². The first-order chi connectivity index (χ1) is 14.3. The number of nitrogens with one attached hydrogen (secondary N) is 2. The Morgan fingerprint density at radius 3 is 2.63 bits per heavy atom. The molecular weight excluding hydrogens is 418 g/mol. The third kappa shape index (κ3) is 5.53. The lowest BCUT2D eigenvalue weighted by Crippen LogP contribution is -2.44. The van der Waals surface area contributed by atoms with E-state index in [1.165, 1.54) is 26.9 Å². The number of sulfonamides is 1. The molecule has 1 aromatic heterocycles. The Hall–Kier alpha value is -2.10. The van der Waals surface area contributed by atoms with Crippen molar-refractivity contribution in [1.82, 2.24) is 14.9 Å². The van der Waals surface area contributed by atoms with Crippen LogP contribution >= 0.6 is 11.3 Å². The largest absolute Gasteiger partial charge is 0.369 e. The number of guanidine groups is 1. The van der Waals surface area contributed by atoms with Gasteiger partial charge in [0.25, 0.3) is 10.0 Å². The Labute approximate surface area is 183 Å². The van der Waals surface area contributed by atoms with Crippen molar-refractivity contribution >= 4 is 33.0 Å². The predicted octanol–water partition coefficient (Wildman–Crippen LogP) is 2.64. The minimum Gasteiger partial charge on any atom is -0.369 e. The molecule has 0 radical (unpaired) electrons. The van der Waals surface area contributed by atoms with Crippen LogP contribution < -0.4 is 15.5 Å².